The van der Waals surface area contributed by atoms with Gasteiger partial charge in [0.05, 0.1) is 17.7 Å². The van der Waals surface area contributed by atoms with E-state index in [0.717, 1.165) is 41.1 Å². The molecule has 0 saturated heterocycles. The number of hydrogen-bond acceptors (Lipinski definition) is 5. The minimum Gasteiger partial charge on any atom is -0.497 e. The number of ether oxygens (including phenoxy) is 1. The number of methoxy groups -OCH3 is 1. The molecule has 4 rings (SSSR count). The molecule has 0 aromatic heterocycles. The maximum absolute atomic E-state index is 14.1. The molecule has 8 nitrogen and oxygen atoms in total. The van der Waals surface area contributed by atoms with Crippen molar-refractivity contribution >= 4 is 39.1 Å². The van der Waals surface area contributed by atoms with Gasteiger partial charge in [-0.15, -0.1) is 0 Å². The summed E-state index contributed by atoms with van der Waals surface area (Å²) in [6.07, 6.45) is 3.91. The number of anilines is 1. The lowest BCUT2D eigenvalue weighted by Gasteiger charge is -2.32. The number of amides is 2. The van der Waals surface area contributed by atoms with E-state index in [2.05, 4.69) is 5.32 Å². The molecule has 3 aromatic carbocycles. The van der Waals surface area contributed by atoms with Gasteiger partial charge >= 0.3 is 0 Å². The number of benzene rings is 3. The van der Waals surface area contributed by atoms with Crippen LogP contribution in [0.15, 0.2) is 77.7 Å². The predicted octanol–water partition coefficient (Wildman–Crippen LogP) is 5.33. The van der Waals surface area contributed by atoms with Crippen LogP contribution in [0.25, 0.3) is 0 Å². The Balaban J connectivity index is 1.69. The van der Waals surface area contributed by atoms with Crippen molar-refractivity contribution in [2.75, 3.05) is 18.0 Å². The zero-order chi connectivity index (χ0) is 29.6. The fraction of sp³-hybridized carbons (Fsp3) is 0.355. The van der Waals surface area contributed by atoms with Gasteiger partial charge in [-0.25, -0.2) is 8.42 Å². The Bertz CT molecular complexity index is 1470. The highest BCUT2D eigenvalue weighted by Gasteiger charge is 2.33. The first-order valence-corrected chi connectivity index (χ1v) is 15.5. The molecule has 0 aliphatic heterocycles. The molecule has 0 bridgehead atoms. The number of nitrogens with zero attached hydrogens (tertiary/aromatic N) is 2. The Morgan fingerprint density at radius 3 is 2.37 bits per heavy atom. The van der Waals surface area contributed by atoms with E-state index < -0.39 is 28.5 Å². The van der Waals surface area contributed by atoms with Gasteiger partial charge in [0.15, 0.2) is 0 Å². The molecule has 1 fully saturated rings. The third-order valence-corrected chi connectivity index (χ3v) is 9.36. The van der Waals surface area contributed by atoms with E-state index in [0.29, 0.717) is 10.8 Å². The Hall–Kier alpha value is -3.56. The van der Waals surface area contributed by atoms with Crippen molar-refractivity contribution in [3.8, 4) is 5.75 Å². The minimum atomic E-state index is -4.16. The van der Waals surface area contributed by atoms with E-state index in [4.69, 9.17) is 16.3 Å². The molecule has 2 amide bonds. The average Bonchev–Trinajstić information content (AvgIpc) is 3.47. The van der Waals surface area contributed by atoms with E-state index >= 15 is 0 Å². The van der Waals surface area contributed by atoms with Crippen LogP contribution in [0.4, 0.5) is 5.69 Å². The minimum absolute atomic E-state index is 0.0437. The van der Waals surface area contributed by atoms with Gasteiger partial charge in [0.25, 0.3) is 10.0 Å². The molecule has 218 valence electrons. The molecule has 1 N–H and O–H groups in total. The summed E-state index contributed by atoms with van der Waals surface area (Å²) in [5.41, 5.74) is 1.89. The number of halogens is 1. The van der Waals surface area contributed by atoms with E-state index in [9.17, 15) is 18.0 Å². The number of hydrogen-bond donors (Lipinski definition) is 1. The molecule has 1 saturated carbocycles. The number of carbonyl (C=O) groups is 2. The third-order valence-electron chi connectivity index (χ3n) is 7.34. The van der Waals surface area contributed by atoms with Crippen molar-refractivity contribution in [2.24, 2.45) is 0 Å². The van der Waals surface area contributed by atoms with Crippen LogP contribution in [0.2, 0.25) is 5.02 Å². The first-order valence-electron chi connectivity index (χ1n) is 13.7. The van der Waals surface area contributed by atoms with Crippen LogP contribution in [-0.4, -0.2) is 50.9 Å². The van der Waals surface area contributed by atoms with Crippen molar-refractivity contribution in [3.05, 3.63) is 88.9 Å². The van der Waals surface area contributed by atoms with Gasteiger partial charge in [-0.1, -0.05) is 60.3 Å². The summed E-state index contributed by atoms with van der Waals surface area (Å²) < 4.78 is 34.2. The number of carbonyl (C=O) groups excluding carboxylic acids is 2. The molecule has 0 radical (unpaired) electrons. The normalized spacial score (nSPS) is 14.3. The quantitative estimate of drug-likeness (QED) is 0.322. The van der Waals surface area contributed by atoms with Crippen molar-refractivity contribution in [1.29, 1.82) is 0 Å². The Morgan fingerprint density at radius 2 is 1.71 bits per heavy atom. The highest BCUT2D eigenvalue weighted by Crippen LogP contribution is 2.27. The average molecular weight is 598 g/mol. The summed E-state index contributed by atoms with van der Waals surface area (Å²) >= 11 is 6.23. The second-order valence-corrected chi connectivity index (χ2v) is 12.6. The topological polar surface area (TPSA) is 96.0 Å². The molecule has 41 heavy (non-hydrogen) atoms. The first kappa shape index (κ1) is 30.4. The maximum Gasteiger partial charge on any atom is 0.264 e. The van der Waals surface area contributed by atoms with Crippen molar-refractivity contribution in [3.63, 3.8) is 0 Å². The maximum atomic E-state index is 14.1. The van der Waals surface area contributed by atoms with Crippen molar-refractivity contribution in [2.45, 2.75) is 63.1 Å². The second-order valence-electron chi connectivity index (χ2n) is 10.3. The molecule has 1 aliphatic carbocycles. The smallest absolute Gasteiger partial charge is 0.264 e. The zero-order valence-corrected chi connectivity index (χ0v) is 25.1. The van der Waals surface area contributed by atoms with Crippen LogP contribution in [0.5, 0.6) is 5.75 Å². The van der Waals surface area contributed by atoms with Gasteiger partial charge in [-0.2, -0.15) is 0 Å². The number of rotatable bonds is 11. The summed E-state index contributed by atoms with van der Waals surface area (Å²) in [6.45, 7) is 3.09. The Labute approximate surface area is 247 Å². The standard InChI is InChI=1S/C31H36ClN3O5S/c1-22-14-16-29(17-15-22)41(38,39)35(27-12-7-9-25(32)19-27)21-30(36)34(20-24-8-6-13-28(18-24)40-3)23(2)31(37)33-26-10-4-5-11-26/h6-9,12-19,23,26H,4-5,10-11,20-21H2,1-3H3,(H,33,37)/t23-/m0/s1. The number of nitrogens with one attached hydrogen (secondary N) is 1. The molecule has 1 atom stereocenters. The van der Waals surface area contributed by atoms with Crippen LogP contribution in [-0.2, 0) is 26.2 Å². The van der Waals surface area contributed by atoms with Gasteiger partial charge in [0.1, 0.15) is 18.3 Å². The number of aryl methyl sites for hydroxylation is 1. The Morgan fingerprint density at radius 1 is 1.02 bits per heavy atom. The van der Waals surface area contributed by atoms with E-state index in [1.807, 2.05) is 13.0 Å². The highest BCUT2D eigenvalue weighted by atomic mass is 35.5. The Kier molecular flexibility index (Phi) is 9.94. The lowest BCUT2D eigenvalue weighted by Crippen LogP contribution is -2.52. The molecule has 0 heterocycles. The SMILES string of the molecule is COc1cccc(CN(C(=O)CN(c2cccc(Cl)c2)S(=O)(=O)c2ccc(C)cc2)[C@@H](C)C(=O)NC2CCCC2)c1. The predicted molar refractivity (Wildman–Crippen MR) is 161 cm³/mol. The van der Waals surface area contributed by atoms with Crippen molar-refractivity contribution < 1.29 is 22.7 Å². The third kappa shape index (κ3) is 7.59. The highest BCUT2D eigenvalue weighted by molar-refractivity contribution is 7.92. The van der Waals surface area contributed by atoms with E-state index in [1.54, 1.807) is 62.6 Å². The zero-order valence-electron chi connectivity index (χ0n) is 23.5. The summed E-state index contributed by atoms with van der Waals surface area (Å²) in [5.74, 6) is -0.193. The molecule has 1 aliphatic rings. The summed E-state index contributed by atoms with van der Waals surface area (Å²) in [4.78, 5) is 28.9. The molecule has 0 spiro atoms. The van der Waals surface area contributed by atoms with Gasteiger partial charge in [-0.05, 0) is 74.7 Å². The second kappa shape index (κ2) is 13.4. The summed E-state index contributed by atoms with van der Waals surface area (Å²) in [7, 11) is -2.60. The molecule has 3 aromatic rings. The lowest BCUT2D eigenvalue weighted by atomic mass is 10.1. The van der Waals surface area contributed by atoms with Crippen LogP contribution in [0, 0.1) is 6.92 Å². The monoisotopic (exact) mass is 597 g/mol. The molecular weight excluding hydrogens is 562 g/mol. The molecular formula is C31H36ClN3O5S. The van der Waals surface area contributed by atoms with Crippen LogP contribution >= 0.6 is 11.6 Å². The van der Waals surface area contributed by atoms with Gasteiger partial charge in [0.2, 0.25) is 11.8 Å². The van der Waals surface area contributed by atoms with E-state index in [-0.39, 0.29) is 29.1 Å². The first-order chi connectivity index (χ1) is 19.6. The summed E-state index contributed by atoms with van der Waals surface area (Å²) in [6, 6.07) is 19.2. The van der Waals surface area contributed by atoms with Crippen LogP contribution < -0.4 is 14.4 Å². The van der Waals surface area contributed by atoms with Gasteiger partial charge in [0, 0.05) is 17.6 Å². The van der Waals surface area contributed by atoms with E-state index in [1.165, 1.54) is 23.1 Å². The lowest BCUT2D eigenvalue weighted by molar-refractivity contribution is -0.139. The molecule has 10 heteroatoms. The van der Waals surface area contributed by atoms with Crippen molar-refractivity contribution in [1.82, 2.24) is 10.2 Å². The van der Waals surface area contributed by atoms with Gasteiger partial charge < -0.3 is 15.0 Å². The molecule has 0 unspecified atom stereocenters. The van der Waals surface area contributed by atoms with Gasteiger partial charge in [-0.3, -0.25) is 13.9 Å². The van der Waals surface area contributed by atoms with Crippen LogP contribution in [0.3, 0.4) is 0 Å². The fourth-order valence-corrected chi connectivity index (χ4v) is 6.53. The summed E-state index contributed by atoms with van der Waals surface area (Å²) in [5, 5.41) is 3.40. The fourth-order valence-electron chi connectivity index (χ4n) is 4.94. The largest absolute Gasteiger partial charge is 0.497 e. The van der Waals surface area contributed by atoms with Crippen LogP contribution in [0.1, 0.15) is 43.7 Å². The number of sulfonamides is 1.